The smallest absolute Gasteiger partial charge is 0.408 e. The zero-order valence-electron chi connectivity index (χ0n) is 18.4. The van der Waals surface area contributed by atoms with Crippen molar-refractivity contribution in [3.63, 3.8) is 0 Å². The Morgan fingerprint density at radius 1 is 1.19 bits per heavy atom. The average molecular weight is 442 g/mol. The highest BCUT2D eigenvalue weighted by Gasteiger charge is 2.35. The molecular weight excluding hydrogens is 413 g/mol. The number of nitrogens with one attached hydrogen (secondary N) is 1. The van der Waals surface area contributed by atoms with E-state index in [-0.39, 0.29) is 12.3 Å². The first-order valence-corrected chi connectivity index (χ1v) is 10.5. The van der Waals surface area contributed by atoms with Crippen molar-refractivity contribution in [2.24, 2.45) is 5.73 Å². The van der Waals surface area contributed by atoms with Crippen molar-refractivity contribution in [3.8, 4) is 0 Å². The van der Waals surface area contributed by atoms with Gasteiger partial charge in [-0.1, -0.05) is 36.4 Å². The molecule has 0 spiro atoms. The van der Waals surface area contributed by atoms with Gasteiger partial charge in [0.25, 0.3) is 0 Å². The normalized spacial score (nSPS) is 16.6. The number of fused-ring (bicyclic) bond motifs is 1. The second kappa shape index (κ2) is 9.38. The van der Waals surface area contributed by atoms with Crippen molar-refractivity contribution in [2.45, 2.75) is 51.3 Å². The van der Waals surface area contributed by atoms with Gasteiger partial charge in [-0.25, -0.2) is 9.18 Å². The van der Waals surface area contributed by atoms with Crippen LogP contribution in [-0.2, 0) is 20.7 Å². The molecule has 2 atom stereocenters. The van der Waals surface area contributed by atoms with Gasteiger partial charge >= 0.3 is 6.09 Å². The highest BCUT2D eigenvalue weighted by molar-refractivity contribution is 5.89. The molecule has 3 N–H and O–H groups in total. The fourth-order valence-electron chi connectivity index (χ4n) is 3.86. The molecule has 7 nitrogen and oxygen atoms in total. The molecule has 3 amide bonds. The number of hydrogen-bond acceptors (Lipinski definition) is 4. The zero-order chi connectivity index (χ0) is 23.5. The monoisotopic (exact) mass is 441 g/mol. The Kier molecular flexibility index (Phi) is 6.81. The molecule has 0 radical (unpaired) electrons. The highest BCUT2D eigenvalue weighted by atomic mass is 19.1. The minimum atomic E-state index is -0.901. The summed E-state index contributed by atoms with van der Waals surface area (Å²) in [5.41, 5.74) is 6.99. The lowest BCUT2D eigenvalue weighted by molar-refractivity contribution is -0.140. The van der Waals surface area contributed by atoms with Crippen LogP contribution in [0.15, 0.2) is 48.5 Å². The van der Waals surface area contributed by atoms with E-state index >= 15 is 0 Å². The summed E-state index contributed by atoms with van der Waals surface area (Å²) < 4.78 is 19.2. The summed E-state index contributed by atoms with van der Waals surface area (Å²) in [6.07, 6.45) is -0.334. The summed E-state index contributed by atoms with van der Waals surface area (Å²) in [6.45, 7) is 5.47. The van der Waals surface area contributed by atoms with Crippen molar-refractivity contribution in [1.82, 2.24) is 10.2 Å². The molecule has 2 aromatic carbocycles. The first-order chi connectivity index (χ1) is 15.0. The van der Waals surface area contributed by atoms with Crippen LogP contribution in [0.2, 0.25) is 0 Å². The van der Waals surface area contributed by atoms with E-state index in [1.165, 1.54) is 23.1 Å². The molecule has 1 aliphatic rings. The Morgan fingerprint density at radius 2 is 1.91 bits per heavy atom. The first kappa shape index (κ1) is 23.2. The summed E-state index contributed by atoms with van der Waals surface area (Å²) in [5, 5.41) is 2.66. The van der Waals surface area contributed by atoms with E-state index in [9.17, 15) is 18.8 Å². The lowest BCUT2D eigenvalue weighted by Crippen LogP contribution is -2.47. The van der Waals surface area contributed by atoms with Crippen molar-refractivity contribution in [1.29, 1.82) is 0 Å². The number of nitrogens with two attached hydrogens (primary N) is 1. The van der Waals surface area contributed by atoms with Crippen LogP contribution >= 0.6 is 0 Å². The molecule has 8 heteroatoms. The van der Waals surface area contributed by atoms with Gasteiger partial charge in [0.1, 0.15) is 17.5 Å². The van der Waals surface area contributed by atoms with E-state index in [1.54, 1.807) is 39.0 Å². The number of benzene rings is 2. The van der Waals surface area contributed by atoms with Gasteiger partial charge in [0.05, 0.1) is 12.5 Å². The molecule has 0 aromatic heterocycles. The van der Waals surface area contributed by atoms with E-state index in [4.69, 9.17) is 10.5 Å². The Bertz CT molecular complexity index is 1020. The quantitative estimate of drug-likeness (QED) is 0.743. The molecule has 0 aliphatic carbocycles. The summed E-state index contributed by atoms with van der Waals surface area (Å²) in [5.74, 6) is -1.51. The highest BCUT2D eigenvalue weighted by Crippen LogP contribution is 2.31. The van der Waals surface area contributed by atoms with Crippen LogP contribution in [0.3, 0.4) is 0 Å². The third kappa shape index (κ3) is 5.63. The SMILES string of the molecule is CC(C)(C)OC(=O)NC(CC(=O)N1CCc2ccccc2C1C(N)=O)c1cccc(F)c1. The van der Waals surface area contributed by atoms with E-state index < -0.39 is 35.5 Å². The number of nitrogens with zero attached hydrogens (tertiary/aromatic N) is 1. The number of alkyl carbamates (subject to hydrolysis) is 1. The Hall–Kier alpha value is -3.42. The third-order valence-corrected chi connectivity index (χ3v) is 5.19. The number of primary amides is 1. The average Bonchev–Trinajstić information content (AvgIpc) is 2.70. The standard InChI is InChI=1S/C24H28FN3O4/c1-24(2,3)32-23(31)27-19(16-8-6-9-17(25)13-16)14-20(29)28-12-11-15-7-4-5-10-18(15)21(28)22(26)30/h4-10,13,19,21H,11-12,14H2,1-3H3,(H2,26,30)(H,27,31). The molecule has 0 fully saturated rings. The predicted molar refractivity (Wildman–Crippen MR) is 117 cm³/mol. The number of carbonyl (C=O) groups excluding carboxylic acids is 3. The van der Waals surface area contributed by atoms with Crippen molar-refractivity contribution in [2.75, 3.05) is 6.54 Å². The number of rotatable bonds is 5. The lowest BCUT2D eigenvalue weighted by atomic mass is 9.91. The fraction of sp³-hybridized carbons (Fsp3) is 0.375. The van der Waals surface area contributed by atoms with Gasteiger partial charge in [-0.05, 0) is 56.0 Å². The van der Waals surface area contributed by atoms with Gasteiger partial charge in [0, 0.05) is 6.54 Å². The van der Waals surface area contributed by atoms with E-state index in [0.717, 1.165) is 5.56 Å². The van der Waals surface area contributed by atoms with Crippen LogP contribution in [0.1, 0.15) is 56.0 Å². The van der Waals surface area contributed by atoms with Crippen LogP contribution < -0.4 is 11.1 Å². The van der Waals surface area contributed by atoms with Gasteiger partial charge in [-0.15, -0.1) is 0 Å². The summed E-state index contributed by atoms with van der Waals surface area (Å²) in [4.78, 5) is 39.4. The van der Waals surface area contributed by atoms with E-state index in [1.807, 2.05) is 12.1 Å². The third-order valence-electron chi connectivity index (χ3n) is 5.19. The Morgan fingerprint density at radius 3 is 2.56 bits per heavy atom. The zero-order valence-corrected chi connectivity index (χ0v) is 18.4. The number of amides is 3. The largest absolute Gasteiger partial charge is 0.444 e. The second-order valence-corrected chi connectivity index (χ2v) is 8.80. The lowest BCUT2D eigenvalue weighted by Gasteiger charge is -2.36. The molecule has 1 aliphatic heterocycles. The van der Waals surface area contributed by atoms with Crippen LogP contribution in [-0.4, -0.2) is 35.0 Å². The molecule has 3 rings (SSSR count). The maximum absolute atomic E-state index is 13.9. The van der Waals surface area contributed by atoms with Gasteiger partial charge in [0.2, 0.25) is 11.8 Å². The molecule has 0 saturated carbocycles. The molecule has 2 aromatic rings. The summed E-state index contributed by atoms with van der Waals surface area (Å²) in [7, 11) is 0. The molecule has 0 bridgehead atoms. The Labute approximate surface area is 186 Å². The number of hydrogen-bond donors (Lipinski definition) is 2. The van der Waals surface area contributed by atoms with Gasteiger partial charge in [-0.2, -0.15) is 0 Å². The number of halogens is 1. The number of ether oxygens (including phenoxy) is 1. The topological polar surface area (TPSA) is 102 Å². The number of carbonyl (C=O) groups is 3. The maximum Gasteiger partial charge on any atom is 0.408 e. The minimum absolute atomic E-state index is 0.186. The van der Waals surface area contributed by atoms with Crippen LogP contribution in [0.5, 0.6) is 0 Å². The van der Waals surface area contributed by atoms with Crippen LogP contribution in [0.25, 0.3) is 0 Å². The van der Waals surface area contributed by atoms with E-state index in [2.05, 4.69) is 5.32 Å². The van der Waals surface area contributed by atoms with Crippen molar-refractivity contribution in [3.05, 3.63) is 71.0 Å². The molecule has 0 saturated heterocycles. The van der Waals surface area contributed by atoms with Gasteiger partial charge in [0.15, 0.2) is 0 Å². The van der Waals surface area contributed by atoms with Gasteiger partial charge in [-0.3, -0.25) is 9.59 Å². The molecule has 170 valence electrons. The molecule has 32 heavy (non-hydrogen) atoms. The Balaban J connectivity index is 1.86. The molecule has 1 heterocycles. The summed E-state index contributed by atoms with van der Waals surface area (Å²) in [6, 6.07) is 11.3. The van der Waals surface area contributed by atoms with Gasteiger partial charge < -0.3 is 20.7 Å². The fourth-order valence-corrected chi connectivity index (χ4v) is 3.86. The van der Waals surface area contributed by atoms with Crippen LogP contribution in [0.4, 0.5) is 9.18 Å². The molecular formula is C24H28FN3O4. The van der Waals surface area contributed by atoms with Crippen molar-refractivity contribution >= 4 is 17.9 Å². The predicted octanol–water partition coefficient (Wildman–Crippen LogP) is 3.39. The minimum Gasteiger partial charge on any atom is -0.444 e. The van der Waals surface area contributed by atoms with E-state index in [0.29, 0.717) is 24.1 Å². The first-order valence-electron chi connectivity index (χ1n) is 10.5. The second-order valence-electron chi connectivity index (χ2n) is 8.80. The molecule has 2 unspecified atom stereocenters. The van der Waals surface area contributed by atoms with Crippen LogP contribution in [0, 0.1) is 5.82 Å². The van der Waals surface area contributed by atoms with Crippen molar-refractivity contribution < 1.29 is 23.5 Å². The maximum atomic E-state index is 13.9. The summed E-state index contributed by atoms with van der Waals surface area (Å²) >= 11 is 0.